The second kappa shape index (κ2) is 12.1. The largest absolute Gasteiger partial charge is 0.371 e. The molecule has 1 saturated carbocycles. The third kappa shape index (κ3) is 5.68. The number of nitrogens with two attached hydrogens (primary N) is 1. The predicted octanol–water partition coefficient (Wildman–Crippen LogP) is 4.19. The van der Waals surface area contributed by atoms with Gasteiger partial charge in [-0.05, 0) is 94.7 Å². The van der Waals surface area contributed by atoms with E-state index in [0.717, 1.165) is 64.3 Å². The fourth-order valence-electron chi connectivity index (χ4n) is 8.91. The van der Waals surface area contributed by atoms with E-state index >= 15 is 0 Å². The molecule has 0 radical (unpaired) electrons. The molecule has 11 nitrogen and oxygen atoms in total. The van der Waals surface area contributed by atoms with E-state index in [9.17, 15) is 13.6 Å². The van der Waals surface area contributed by atoms with Crippen molar-refractivity contribution in [1.29, 1.82) is 0 Å². The van der Waals surface area contributed by atoms with Gasteiger partial charge in [0.15, 0.2) is 5.65 Å². The number of carbonyl (C=O) groups excluding carboxylic acids is 1. The molecule has 46 heavy (non-hydrogen) atoms. The van der Waals surface area contributed by atoms with Crippen molar-refractivity contribution in [1.82, 2.24) is 34.6 Å². The topological polar surface area (TPSA) is 119 Å². The van der Waals surface area contributed by atoms with Crippen LogP contribution in [0.3, 0.4) is 0 Å². The van der Waals surface area contributed by atoms with Gasteiger partial charge < -0.3 is 25.6 Å². The lowest BCUT2D eigenvalue weighted by atomic mass is 9.65. The van der Waals surface area contributed by atoms with Crippen LogP contribution in [0.5, 0.6) is 0 Å². The minimum atomic E-state index is -2.83. The Morgan fingerprint density at radius 3 is 2.41 bits per heavy atom. The lowest BCUT2D eigenvalue weighted by Crippen LogP contribution is -2.43. The number of alkyl halides is 2. The summed E-state index contributed by atoms with van der Waals surface area (Å²) in [6.07, 6.45) is 12.5. The summed E-state index contributed by atoms with van der Waals surface area (Å²) in [5.74, 6) is 0.678. The molecule has 3 aromatic rings. The average Bonchev–Trinajstić information content (AvgIpc) is 3.77. The number of rotatable bonds is 7. The van der Waals surface area contributed by atoms with Crippen LogP contribution in [-0.4, -0.2) is 93.2 Å². The fraction of sp³-hybridized carbons (Fsp3) is 0.697. The molecular formula is C33H45F2N9O2. The Bertz CT molecular complexity index is 1550. The third-order valence-electron chi connectivity index (χ3n) is 11.6. The van der Waals surface area contributed by atoms with E-state index in [-0.39, 0.29) is 46.4 Å². The molecule has 7 heterocycles. The van der Waals surface area contributed by atoms with E-state index in [2.05, 4.69) is 25.3 Å². The molecule has 8 rings (SSSR count). The minimum absolute atomic E-state index is 0.00217. The lowest BCUT2D eigenvalue weighted by Gasteiger charge is -2.44. The number of amides is 1. The molecule has 13 heteroatoms. The first-order valence-corrected chi connectivity index (χ1v) is 17.2. The van der Waals surface area contributed by atoms with Crippen molar-refractivity contribution >= 4 is 17.4 Å². The number of likely N-dealkylation sites (tertiary alicyclic amines) is 1. The highest BCUT2D eigenvalue weighted by Gasteiger charge is 2.38. The summed E-state index contributed by atoms with van der Waals surface area (Å²) in [4.78, 5) is 22.3. The first-order valence-electron chi connectivity index (χ1n) is 17.2. The second-order valence-corrected chi connectivity index (χ2v) is 14.4. The fourth-order valence-corrected chi connectivity index (χ4v) is 8.91. The summed E-state index contributed by atoms with van der Waals surface area (Å²) < 4.78 is 38.0. The highest BCUT2D eigenvalue weighted by molar-refractivity contribution is 6.05. The summed E-state index contributed by atoms with van der Waals surface area (Å²) in [5.41, 5.74) is 6.59. The van der Waals surface area contributed by atoms with Gasteiger partial charge in [0, 0.05) is 45.1 Å². The monoisotopic (exact) mass is 637 g/mol. The Labute approximate surface area is 267 Å². The van der Waals surface area contributed by atoms with Crippen molar-refractivity contribution in [3.05, 3.63) is 29.7 Å². The van der Waals surface area contributed by atoms with E-state index in [1.807, 2.05) is 6.07 Å². The number of nitrogens with one attached hydrogen (secondary N) is 1. The Kier molecular flexibility index (Phi) is 7.96. The molecule has 1 aliphatic carbocycles. The minimum Gasteiger partial charge on any atom is -0.371 e. The van der Waals surface area contributed by atoms with Gasteiger partial charge in [0.25, 0.3) is 12.3 Å². The number of primary amides is 1. The van der Waals surface area contributed by atoms with Crippen LogP contribution in [0.2, 0.25) is 0 Å². The molecule has 2 bridgehead atoms. The maximum Gasteiger partial charge on any atom is 0.282 e. The highest BCUT2D eigenvalue weighted by Crippen LogP contribution is 2.45. The summed E-state index contributed by atoms with van der Waals surface area (Å²) in [6.45, 7) is 6.72. The second-order valence-electron chi connectivity index (χ2n) is 14.4. The molecule has 1 amide bonds. The van der Waals surface area contributed by atoms with Crippen LogP contribution in [-0.2, 0) is 4.74 Å². The molecule has 1 spiro atoms. The summed E-state index contributed by atoms with van der Waals surface area (Å²) in [7, 11) is 0. The van der Waals surface area contributed by atoms with Gasteiger partial charge in [-0.15, -0.1) is 0 Å². The first-order chi connectivity index (χ1) is 22.3. The van der Waals surface area contributed by atoms with Crippen molar-refractivity contribution in [2.75, 3.05) is 50.7 Å². The first kappa shape index (κ1) is 30.2. The highest BCUT2D eigenvalue weighted by atomic mass is 19.3. The van der Waals surface area contributed by atoms with Crippen LogP contribution in [0, 0.1) is 11.3 Å². The summed E-state index contributed by atoms with van der Waals surface area (Å²) in [6, 6.07) is 1.84. The standard InChI is InChI=1S/C33H45F2N9O2/c34-30(35)29-25(28-27(31(36)45)32-38-26(7-16-43(32)39-28)42-18-23-1-2-24(19-42)46-23)20-44(40-29)22-5-14-41(15-6-22)17-21-3-8-33(9-4-21)10-12-37-13-11-33/h7,16,20-24,30,37H,1-6,8-15,17-19H2,(H2,36,45). The van der Waals surface area contributed by atoms with Gasteiger partial charge in [-0.1, -0.05) is 0 Å². The van der Waals surface area contributed by atoms with Crippen LogP contribution in [0.15, 0.2) is 18.5 Å². The number of nitrogens with zero attached hydrogens (tertiary/aromatic N) is 7. The normalized spacial score (nSPS) is 26.1. The SMILES string of the molecule is NC(=O)c1c(-c2cn(C3CCN(CC4CCC5(CCNCC5)CC4)CC3)nc2C(F)F)nn2ccc(N3CC4CCC(C3)O4)nc12. The number of hydrogen-bond donors (Lipinski definition) is 2. The zero-order chi connectivity index (χ0) is 31.4. The average molecular weight is 638 g/mol. The van der Waals surface area contributed by atoms with Gasteiger partial charge in [-0.25, -0.2) is 18.3 Å². The smallest absolute Gasteiger partial charge is 0.282 e. The number of fused-ring (bicyclic) bond motifs is 3. The Morgan fingerprint density at radius 2 is 1.74 bits per heavy atom. The van der Waals surface area contributed by atoms with E-state index < -0.39 is 12.3 Å². The number of anilines is 1. The van der Waals surface area contributed by atoms with Gasteiger partial charge in [-0.2, -0.15) is 10.2 Å². The van der Waals surface area contributed by atoms with Crippen molar-refractivity contribution in [3.63, 3.8) is 0 Å². The number of piperidine rings is 2. The van der Waals surface area contributed by atoms with E-state index in [1.54, 1.807) is 17.1 Å². The van der Waals surface area contributed by atoms with E-state index in [0.29, 0.717) is 24.3 Å². The van der Waals surface area contributed by atoms with Gasteiger partial charge in [0.2, 0.25) is 0 Å². The van der Waals surface area contributed by atoms with Gasteiger partial charge in [0.1, 0.15) is 22.8 Å². The molecule has 4 saturated heterocycles. The molecule has 5 fully saturated rings. The lowest BCUT2D eigenvalue weighted by molar-refractivity contribution is 0.0302. The summed E-state index contributed by atoms with van der Waals surface area (Å²) >= 11 is 0. The molecule has 2 unspecified atom stereocenters. The molecule has 5 aliphatic rings. The molecule has 4 aliphatic heterocycles. The number of ether oxygens (including phenoxy) is 1. The molecule has 3 aromatic heterocycles. The number of morpholine rings is 1. The third-order valence-corrected chi connectivity index (χ3v) is 11.6. The summed E-state index contributed by atoms with van der Waals surface area (Å²) in [5, 5.41) is 12.4. The van der Waals surface area contributed by atoms with Gasteiger partial charge in [-0.3, -0.25) is 9.48 Å². The zero-order valence-corrected chi connectivity index (χ0v) is 26.4. The van der Waals surface area contributed by atoms with Crippen LogP contribution >= 0.6 is 0 Å². The van der Waals surface area contributed by atoms with Crippen molar-refractivity contribution in [3.8, 4) is 11.3 Å². The van der Waals surface area contributed by atoms with Gasteiger partial charge >= 0.3 is 0 Å². The van der Waals surface area contributed by atoms with Crippen LogP contribution in [0.1, 0.15) is 92.7 Å². The van der Waals surface area contributed by atoms with Crippen molar-refractivity contribution in [2.24, 2.45) is 17.1 Å². The Balaban J connectivity index is 0.985. The molecule has 248 valence electrons. The number of halogens is 2. The van der Waals surface area contributed by atoms with Gasteiger partial charge in [0.05, 0.1) is 23.8 Å². The van der Waals surface area contributed by atoms with Crippen LogP contribution in [0.25, 0.3) is 16.9 Å². The van der Waals surface area contributed by atoms with Crippen molar-refractivity contribution in [2.45, 2.75) is 88.9 Å². The molecule has 3 N–H and O–H groups in total. The molecule has 0 aromatic carbocycles. The number of carbonyl (C=O) groups is 1. The van der Waals surface area contributed by atoms with Crippen molar-refractivity contribution < 1.29 is 18.3 Å². The van der Waals surface area contributed by atoms with Crippen LogP contribution < -0.4 is 16.0 Å². The Hall–Kier alpha value is -3.16. The maximum absolute atomic E-state index is 14.5. The van der Waals surface area contributed by atoms with E-state index in [1.165, 1.54) is 43.0 Å². The maximum atomic E-state index is 14.5. The zero-order valence-electron chi connectivity index (χ0n) is 26.4. The Morgan fingerprint density at radius 1 is 1.02 bits per heavy atom. The molecular weight excluding hydrogens is 592 g/mol. The van der Waals surface area contributed by atoms with E-state index in [4.69, 9.17) is 15.5 Å². The number of aromatic nitrogens is 5. The predicted molar refractivity (Wildman–Crippen MR) is 169 cm³/mol. The quantitative estimate of drug-likeness (QED) is 0.396. The molecule has 2 atom stereocenters. The number of hydrogen-bond acceptors (Lipinski definition) is 8. The van der Waals surface area contributed by atoms with Crippen LogP contribution in [0.4, 0.5) is 14.6 Å².